The Morgan fingerprint density at radius 1 is 1.16 bits per heavy atom. The Hall–Kier alpha value is -1.19. The van der Waals surface area contributed by atoms with Gasteiger partial charge < -0.3 is 5.73 Å². The summed E-state index contributed by atoms with van der Waals surface area (Å²) in [5.41, 5.74) is 9.27. The quantitative estimate of drug-likeness (QED) is 0.875. The summed E-state index contributed by atoms with van der Waals surface area (Å²) in [5.74, 6) is -0.282. The number of benzene rings is 2. The molecule has 1 unspecified atom stereocenters. The zero-order valence-corrected chi connectivity index (χ0v) is 12.5. The third-order valence-corrected chi connectivity index (χ3v) is 4.03. The first-order valence-corrected chi connectivity index (χ1v) is 7.21. The van der Waals surface area contributed by atoms with Crippen molar-refractivity contribution in [1.82, 2.24) is 0 Å². The molecule has 0 aliphatic rings. The highest BCUT2D eigenvalue weighted by atomic mass is 79.9. The minimum Gasteiger partial charge on any atom is -0.320 e. The molecular weight excluding hydrogens is 305 g/mol. The Kier molecular flexibility index (Phi) is 4.72. The van der Waals surface area contributed by atoms with Crippen molar-refractivity contribution in [3.8, 4) is 0 Å². The molecular formula is C16H17BrFN. The predicted octanol–water partition coefficient (Wildman–Crippen LogP) is 4.59. The van der Waals surface area contributed by atoms with Gasteiger partial charge in [-0.2, -0.15) is 0 Å². The summed E-state index contributed by atoms with van der Waals surface area (Å²) >= 11 is 3.26. The van der Waals surface area contributed by atoms with Crippen molar-refractivity contribution in [2.45, 2.75) is 25.8 Å². The van der Waals surface area contributed by atoms with E-state index in [0.717, 1.165) is 24.0 Å². The SMILES string of the molecule is CCCc1ccc(C(N)c2cccc(F)c2Br)cc1. The smallest absolute Gasteiger partial charge is 0.137 e. The number of halogens is 2. The molecule has 1 nitrogen and oxygen atoms in total. The number of hydrogen-bond donors (Lipinski definition) is 1. The van der Waals surface area contributed by atoms with E-state index in [1.807, 2.05) is 18.2 Å². The Labute approximate surface area is 121 Å². The third kappa shape index (κ3) is 3.23. The third-order valence-electron chi connectivity index (χ3n) is 3.19. The van der Waals surface area contributed by atoms with E-state index >= 15 is 0 Å². The Morgan fingerprint density at radius 3 is 2.47 bits per heavy atom. The highest BCUT2D eigenvalue weighted by Gasteiger charge is 2.14. The first kappa shape index (κ1) is 14.2. The topological polar surface area (TPSA) is 26.0 Å². The maximum atomic E-state index is 13.5. The van der Waals surface area contributed by atoms with E-state index in [1.54, 1.807) is 6.07 Å². The van der Waals surface area contributed by atoms with Gasteiger partial charge in [0.15, 0.2) is 0 Å². The lowest BCUT2D eigenvalue weighted by atomic mass is 9.98. The summed E-state index contributed by atoms with van der Waals surface area (Å²) in [7, 11) is 0. The second-order valence-corrected chi connectivity index (χ2v) is 5.41. The molecule has 2 rings (SSSR count). The molecule has 0 saturated carbocycles. The fourth-order valence-corrected chi connectivity index (χ4v) is 2.63. The molecule has 1 atom stereocenters. The summed E-state index contributed by atoms with van der Waals surface area (Å²) in [6, 6.07) is 12.8. The van der Waals surface area contributed by atoms with Crippen LogP contribution >= 0.6 is 15.9 Å². The van der Waals surface area contributed by atoms with Crippen LogP contribution in [0.2, 0.25) is 0 Å². The monoisotopic (exact) mass is 321 g/mol. The van der Waals surface area contributed by atoms with E-state index in [4.69, 9.17) is 5.73 Å². The van der Waals surface area contributed by atoms with Gasteiger partial charge in [0.1, 0.15) is 5.82 Å². The van der Waals surface area contributed by atoms with Crippen LogP contribution in [0.1, 0.15) is 36.1 Å². The van der Waals surface area contributed by atoms with Crippen LogP contribution in [0.25, 0.3) is 0 Å². The van der Waals surface area contributed by atoms with E-state index in [0.29, 0.717) is 4.47 Å². The highest BCUT2D eigenvalue weighted by Crippen LogP contribution is 2.29. The zero-order valence-electron chi connectivity index (χ0n) is 10.9. The van der Waals surface area contributed by atoms with Crippen molar-refractivity contribution in [3.63, 3.8) is 0 Å². The molecule has 19 heavy (non-hydrogen) atoms. The minimum absolute atomic E-state index is 0.282. The summed E-state index contributed by atoms with van der Waals surface area (Å²) in [6.45, 7) is 2.16. The van der Waals surface area contributed by atoms with Crippen LogP contribution in [-0.4, -0.2) is 0 Å². The second-order valence-electron chi connectivity index (χ2n) is 4.61. The van der Waals surface area contributed by atoms with Crippen molar-refractivity contribution in [1.29, 1.82) is 0 Å². The summed E-state index contributed by atoms with van der Waals surface area (Å²) < 4.78 is 14.0. The van der Waals surface area contributed by atoms with Crippen LogP contribution < -0.4 is 5.73 Å². The number of hydrogen-bond acceptors (Lipinski definition) is 1. The number of nitrogens with two attached hydrogens (primary N) is 1. The van der Waals surface area contributed by atoms with Crippen LogP contribution in [0.5, 0.6) is 0 Å². The van der Waals surface area contributed by atoms with Crippen molar-refractivity contribution in [3.05, 3.63) is 69.4 Å². The largest absolute Gasteiger partial charge is 0.320 e. The molecule has 0 spiro atoms. The number of aryl methyl sites for hydroxylation is 1. The zero-order chi connectivity index (χ0) is 13.8. The lowest BCUT2D eigenvalue weighted by Crippen LogP contribution is -2.13. The maximum Gasteiger partial charge on any atom is 0.137 e. The summed E-state index contributed by atoms with van der Waals surface area (Å²) in [5, 5.41) is 0. The van der Waals surface area contributed by atoms with E-state index in [2.05, 4.69) is 35.0 Å². The Morgan fingerprint density at radius 2 is 1.84 bits per heavy atom. The molecule has 3 heteroatoms. The van der Waals surface area contributed by atoms with E-state index < -0.39 is 0 Å². The van der Waals surface area contributed by atoms with Gasteiger partial charge in [-0.15, -0.1) is 0 Å². The molecule has 2 aromatic carbocycles. The van der Waals surface area contributed by atoms with E-state index in [1.165, 1.54) is 11.6 Å². The molecule has 0 fully saturated rings. The predicted molar refractivity (Wildman–Crippen MR) is 80.6 cm³/mol. The van der Waals surface area contributed by atoms with Gasteiger partial charge in [-0.05, 0) is 45.1 Å². The second kappa shape index (κ2) is 6.31. The Bertz CT molecular complexity index is 551. The summed E-state index contributed by atoms with van der Waals surface area (Å²) in [6.07, 6.45) is 2.19. The molecule has 0 aromatic heterocycles. The van der Waals surface area contributed by atoms with Crippen LogP contribution in [0.4, 0.5) is 4.39 Å². The van der Waals surface area contributed by atoms with Gasteiger partial charge in [0.05, 0.1) is 10.5 Å². The van der Waals surface area contributed by atoms with Gasteiger partial charge >= 0.3 is 0 Å². The first-order chi connectivity index (χ1) is 9.13. The molecule has 2 aromatic rings. The number of rotatable bonds is 4. The maximum absolute atomic E-state index is 13.5. The molecule has 0 aliphatic carbocycles. The van der Waals surface area contributed by atoms with Gasteiger partial charge in [-0.1, -0.05) is 49.7 Å². The molecule has 0 amide bonds. The van der Waals surface area contributed by atoms with Gasteiger partial charge in [0, 0.05) is 0 Å². The molecule has 0 heterocycles. The molecule has 0 radical (unpaired) electrons. The molecule has 0 aliphatic heterocycles. The summed E-state index contributed by atoms with van der Waals surface area (Å²) in [4.78, 5) is 0. The van der Waals surface area contributed by atoms with Gasteiger partial charge in [-0.25, -0.2) is 4.39 Å². The van der Waals surface area contributed by atoms with Gasteiger partial charge in [0.2, 0.25) is 0 Å². The minimum atomic E-state index is -0.319. The lowest BCUT2D eigenvalue weighted by molar-refractivity contribution is 0.616. The normalized spacial score (nSPS) is 12.4. The average molecular weight is 322 g/mol. The van der Waals surface area contributed by atoms with Crippen LogP contribution in [0.15, 0.2) is 46.9 Å². The fraction of sp³-hybridized carbons (Fsp3) is 0.250. The van der Waals surface area contributed by atoms with E-state index in [-0.39, 0.29) is 11.9 Å². The fourth-order valence-electron chi connectivity index (χ4n) is 2.12. The lowest BCUT2D eigenvalue weighted by Gasteiger charge is -2.15. The average Bonchev–Trinajstić information content (AvgIpc) is 2.42. The molecule has 0 saturated heterocycles. The van der Waals surface area contributed by atoms with Crippen molar-refractivity contribution >= 4 is 15.9 Å². The van der Waals surface area contributed by atoms with Crippen LogP contribution in [-0.2, 0) is 6.42 Å². The van der Waals surface area contributed by atoms with Crippen molar-refractivity contribution in [2.75, 3.05) is 0 Å². The molecule has 0 bridgehead atoms. The Balaban J connectivity index is 2.28. The molecule has 2 N–H and O–H groups in total. The van der Waals surface area contributed by atoms with Gasteiger partial charge in [0.25, 0.3) is 0 Å². The van der Waals surface area contributed by atoms with Crippen LogP contribution in [0, 0.1) is 5.82 Å². The van der Waals surface area contributed by atoms with Crippen molar-refractivity contribution < 1.29 is 4.39 Å². The standard InChI is InChI=1S/C16H17BrFN/c1-2-4-11-7-9-12(10-8-11)16(19)13-5-3-6-14(18)15(13)17/h3,5-10,16H,2,4,19H2,1H3. The molecule has 100 valence electrons. The van der Waals surface area contributed by atoms with Crippen molar-refractivity contribution in [2.24, 2.45) is 5.73 Å². The van der Waals surface area contributed by atoms with Crippen LogP contribution in [0.3, 0.4) is 0 Å². The first-order valence-electron chi connectivity index (χ1n) is 6.41. The van der Waals surface area contributed by atoms with E-state index in [9.17, 15) is 4.39 Å². The van der Waals surface area contributed by atoms with Gasteiger partial charge in [-0.3, -0.25) is 0 Å². The highest BCUT2D eigenvalue weighted by molar-refractivity contribution is 9.10.